The summed E-state index contributed by atoms with van der Waals surface area (Å²) < 4.78 is 0. The Bertz CT molecular complexity index is 813. The highest BCUT2D eigenvalue weighted by molar-refractivity contribution is 5.95. The van der Waals surface area contributed by atoms with E-state index in [2.05, 4.69) is 10.6 Å². The second-order valence-electron chi connectivity index (χ2n) is 8.07. The monoisotopic (exact) mass is 415 g/mol. The normalized spacial score (nSPS) is 25.2. The summed E-state index contributed by atoms with van der Waals surface area (Å²) in [7, 11) is 0. The lowest BCUT2D eigenvalue weighted by Crippen LogP contribution is -2.61. The molecule has 5 atom stereocenters. The van der Waals surface area contributed by atoms with Gasteiger partial charge in [-0.1, -0.05) is 30.3 Å². The van der Waals surface area contributed by atoms with Crippen molar-refractivity contribution in [2.45, 2.75) is 69.2 Å². The number of nitrogens with one attached hydrogen (secondary N) is 2. The van der Waals surface area contributed by atoms with Crippen LogP contribution in [0.2, 0.25) is 0 Å². The zero-order valence-electron chi connectivity index (χ0n) is 17.0. The second-order valence-corrected chi connectivity index (χ2v) is 8.07. The van der Waals surface area contributed by atoms with Gasteiger partial charge in [0.15, 0.2) is 0 Å². The van der Waals surface area contributed by atoms with Gasteiger partial charge < -0.3 is 27.0 Å². The van der Waals surface area contributed by atoms with Gasteiger partial charge in [0.05, 0.1) is 6.04 Å². The molecule has 2 fully saturated rings. The van der Waals surface area contributed by atoms with Crippen LogP contribution in [0.5, 0.6) is 0 Å². The van der Waals surface area contributed by atoms with Gasteiger partial charge in [-0.2, -0.15) is 0 Å². The van der Waals surface area contributed by atoms with Crippen LogP contribution in [0.15, 0.2) is 30.3 Å². The first-order chi connectivity index (χ1) is 14.3. The maximum atomic E-state index is 13.0. The Kier molecular flexibility index (Phi) is 6.71. The molecular formula is C21H29N5O4. The lowest BCUT2D eigenvalue weighted by atomic mass is 9.97. The van der Waals surface area contributed by atoms with E-state index in [1.165, 1.54) is 0 Å². The van der Waals surface area contributed by atoms with Crippen molar-refractivity contribution in [2.75, 3.05) is 0 Å². The minimum Gasteiger partial charge on any atom is -0.368 e. The van der Waals surface area contributed by atoms with Crippen molar-refractivity contribution in [2.24, 2.45) is 11.5 Å². The summed E-state index contributed by atoms with van der Waals surface area (Å²) in [6, 6.07) is 6.26. The minimum absolute atomic E-state index is 0.0437. The Morgan fingerprint density at radius 3 is 2.43 bits per heavy atom. The van der Waals surface area contributed by atoms with Gasteiger partial charge in [0.1, 0.15) is 18.1 Å². The molecule has 9 nitrogen and oxygen atoms in total. The topological polar surface area (TPSA) is 148 Å². The van der Waals surface area contributed by atoms with Crippen molar-refractivity contribution >= 4 is 23.6 Å². The van der Waals surface area contributed by atoms with E-state index < -0.39 is 41.9 Å². The molecule has 0 saturated carbocycles. The van der Waals surface area contributed by atoms with Gasteiger partial charge in [0.2, 0.25) is 23.6 Å². The largest absolute Gasteiger partial charge is 0.368 e. The molecule has 1 aromatic rings. The predicted octanol–water partition coefficient (Wildman–Crippen LogP) is -0.815. The van der Waals surface area contributed by atoms with Gasteiger partial charge >= 0.3 is 0 Å². The summed E-state index contributed by atoms with van der Waals surface area (Å²) in [5.41, 5.74) is 12.0. The maximum absolute atomic E-state index is 13.0. The highest BCUT2D eigenvalue weighted by Gasteiger charge is 2.46. The first-order valence-electron chi connectivity index (χ1n) is 10.3. The summed E-state index contributed by atoms with van der Waals surface area (Å²) in [5.74, 6) is -1.71. The molecule has 0 spiro atoms. The van der Waals surface area contributed by atoms with E-state index in [-0.39, 0.29) is 18.4 Å². The van der Waals surface area contributed by atoms with Gasteiger partial charge in [-0.3, -0.25) is 19.2 Å². The molecule has 162 valence electrons. The third-order valence-corrected chi connectivity index (χ3v) is 5.82. The summed E-state index contributed by atoms with van der Waals surface area (Å²) >= 11 is 0. The number of benzene rings is 1. The number of fused-ring (bicyclic) bond motifs is 1. The second kappa shape index (κ2) is 9.25. The van der Waals surface area contributed by atoms with Gasteiger partial charge in [0, 0.05) is 12.5 Å². The number of rotatable bonds is 7. The van der Waals surface area contributed by atoms with Crippen molar-refractivity contribution < 1.29 is 19.2 Å². The van der Waals surface area contributed by atoms with Crippen LogP contribution in [0.25, 0.3) is 0 Å². The molecule has 2 saturated heterocycles. The highest BCUT2D eigenvalue weighted by atomic mass is 16.2. The first kappa shape index (κ1) is 21.8. The molecule has 0 radical (unpaired) electrons. The first-order valence-corrected chi connectivity index (χ1v) is 10.3. The van der Waals surface area contributed by atoms with Crippen LogP contribution in [0, 0.1) is 0 Å². The van der Waals surface area contributed by atoms with Crippen molar-refractivity contribution in [1.29, 1.82) is 0 Å². The summed E-state index contributed by atoms with van der Waals surface area (Å²) in [4.78, 5) is 51.3. The van der Waals surface area contributed by atoms with E-state index >= 15 is 0 Å². The van der Waals surface area contributed by atoms with E-state index in [1.807, 2.05) is 30.3 Å². The predicted molar refractivity (Wildman–Crippen MR) is 110 cm³/mol. The Morgan fingerprint density at radius 1 is 1.13 bits per heavy atom. The van der Waals surface area contributed by atoms with Gasteiger partial charge in [-0.25, -0.2) is 0 Å². The molecule has 1 aromatic carbocycles. The number of hydrogen-bond acceptors (Lipinski definition) is 5. The quantitative estimate of drug-likeness (QED) is 0.459. The van der Waals surface area contributed by atoms with Gasteiger partial charge in [0.25, 0.3) is 0 Å². The number of piperidine rings is 1. The smallest absolute Gasteiger partial charge is 0.246 e. The molecule has 6 N–H and O–H groups in total. The molecule has 0 aliphatic carbocycles. The fourth-order valence-corrected chi connectivity index (χ4v) is 4.20. The molecule has 3 rings (SSSR count). The highest BCUT2D eigenvalue weighted by Crippen LogP contribution is 2.32. The number of amides is 4. The Morgan fingerprint density at radius 2 is 1.80 bits per heavy atom. The van der Waals surface area contributed by atoms with Crippen molar-refractivity contribution in [1.82, 2.24) is 15.5 Å². The maximum Gasteiger partial charge on any atom is 0.246 e. The fourth-order valence-electron chi connectivity index (χ4n) is 4.20. The molecular weight excluding hydrogens is 386 g/mol. The van der Waals surface area contributed by atoms with Gasteiger partial charge in [-0.15, -0.1) is 0 Å². The summed E-state index contributed by atoms with van der Waals surface area (Å²) in [6.45, 7) is 1.55. The molecule has 0 unspecified atom stereocenters. The zero-order chi connectivity index (χ0) is 21.8. The standard InChI is InChI=1S/C21H29N5O4/c1-12(22)19(28)24-15-9-7-14-8-10-17(26(14)21(15)30)20(29)25-16(18(23)27)11-13-5-3-2-4-6-13/h2-6,12,14-17H,7-11,22H2,1H3,(H2,23,27)(H,24,28)(H,25,29)/t12-,14-,15+,16+,17-/m0/s1. The van der Waals surface area contributed by atoms with E-state index in [4.69, 9.17) is 11.5 Å². The molecule has 4 amide bonds. The van der Waals surface area contributed by atoms with Crippen LogP contribution < -0.4 is 22.1 Å². The van der Waals surface area contributed by atoms with Crippen LogP contribution in [0.1, 0.15) is 38.2 Å². The molecule has 2 aliphatic rings. The molecule has 0 bridgehead atoms. The molecule has 2 heterocycles. The number of primary amides is 1. The van der Waals surface area contributed by atoms with Crippen LogP contribution in [0.3, 0.4) is 0 Å². The Balaban J connectivity index is 1.68. The average molecular weight is 415 g/mol. The third kappa shape index (κ3) is 4.79. The van der Waals surface area contributed by atoms with Crippen LogP contribution in [-0.4, -0.2) is 58.7 Å². The van der Waals surface area contributed by atoms with Crippen molar-refractivity contribution in [3.63, 3.8) is 0 Å². The van der Waals surface area contributed by atoms with E-state index in [0.29, 0.717) is 25.7 Å². The molecule has 2 aliphatic heterocycles. The molecule has 30 heavy (non-hydrogen) atoms. The fraction of sp³-hybridized carbons (Fsp3) is 0.524. The van der Waals surface area contributed by atoms with Crippen LogP contribution >= 0.6 is 0 Å². The summed E-state index contributed by atoms with van der Waals surface area (Å²) in [5, 5.41) is 5.39. The van der Waals surface area contributed by atoms with Crippen LogP contribution in [0.4, 0.5) is 0 Å². The van der Waals surface area contributed by atoms with Crippen LogP contribution in [-0.2, 0) is 25.6 Å². The number of carbonyl (C=O) groups excluding carboxylic acids is 4. The molecule has 0 aromatic heterocycles. The lowest BCUT2D eigenvalue weighted by molar-refractivity contribution is -0.146. The molecule has 9 heteroatoms. The van der Waals surface area contributed by atoms with E-state index in [0.717, 1.165) is 5.56 Å². The SMILES string of the molecule is C[C@H](N)C(=O)N[C@@H]1CC[C@H]2CC[C@@H](C(=O)N[C@H](Cc3ccccc3)C(N)=O)N2C1=O. The van der Waals surface area contributed by atoms with Crippen molar-refractivity contribution in [3.05, 3.63) is 35.9 Å². The summed E-state index contributed by atoms with van der Waals surface area (Å²) in [6.07, 6.45) is 2.71. The lowest BCUT2D eigenvalue weighted by Gasteiger charge is -2.38. The van der Waals surface area contributed by atoms with Crippen molar-refractivity contribution in [3.8, 4) is 0 Å². The van der Waals surface area contributed by atoms with Gasteiger partial charge in [-0.05, 0) is 38.2 Å². The van der Waals surface area contributed by atoms with E-state index in [9.17, 15) is 19.2 Å². The van der Waals surface area contributed by atoms with E-state index in [1.54, 1.807) is 11.8 Å². The Labute approximate surface area is 175 Å². The number of hydrogen-bond donors (Lipinski definition) is 4. The average Bonchev–Trinajstić information content (AvgIpc) is 3.15. The minimum atomic E-state index is -0.868. The zero-order valence-corrected chi connectivity index (χ0v) is 17.0. The Hall–Kier alpha value is -2.94. The third-order valence-electron chi connectivity index (χ3n) is 5.82. The number of nitrogens with two attached hydrogens (primary N) is 2. The number of carbonyl (C=O) groups is 4. The number of nitrogens with zero attached hydrogens (tertiary/aromatic N) is 1.